The first-order chi connectivity index (χ1) is 6.88. The van der Waals surface area contributed by atoms with Gasteiger partial charge in [-0.1, -0.05) is 6.07 Å². The molecular formula is C10H14N2O2S. The number of hydrogen-bond acceptors (Lipinski definition) is 4. The van der Waals surface area contributed by atoms with E-state index in [0.717, 1.165) is 4.90 Å². The van der Waals surface area contributed by atoms with E-state index in [4.69, 9.17) is 0 Å². The Balaban J connectivity index is 2.70. The van der Waals surface area contributed by atoms with Crippen LogP contribution in [-0.2, 0) is 0 Å². The molecule has 0 saturated carbocycles. The van der Waals surface area contributed by atoms with Crippen molar-refractivity contribution in [2.75, 3.05) is 0 Å². The Morgan fingerprint density at radius 3 is 2.60 bits per heavy atom. The van der Waals surface area contributed by atoms with Crippen molar-refractivity contribution in [1.82, 2.24) is 4.72 Å². The summed E-state index contributed by atoms with van der Waals surface area (Å²) >= 11 is 1.40. The Kier molecular flexibility index (Phi) is 3.71. The number of nitro benzene ring substituents is 1. The van der Waals surface area contributed by atoms with Crippen LogP contribution >= 0.6 is 11.9 Å². The van der Waals surface area contributed by atoms with Crippen molar-refractivity contribution < 1.29 is 4.92 Å². The molecular weight excluding hydrogens is 212 g/mol. The lowest BCUT2D eigenvalue weighted by atomic mass is 10.1. The van der Waals surface area contributed by atoms with Gasteiger partial charge in [-0.3, -0.25) is 14.8 Å². The number of nitrogens with zero attached hydrogens (tertiary/aromatic N) is 1. The predicted molar refractivity (Wildman–Crippen MR) is 61.8 cm³/mol. The number of benzene rings is 1. The molecule has 4 nitrogen and oxygen atoms in total. The molecule has 0 bridgehead atoms. The van der Waals surface area contributed by atoms with Crippen LogP contribution in [0.4, 0.5) is 5.69 Å². The van der Waals surface area contributed by atoms with Crippen molar-refractivity contribution in [3.05, 3.63) is 34.4 Å². The van der Waals surface area contributed by atoms with E-state index < -0.39 is 0 Å². The highest BCUT2D eigenvalue weighted by Gasteiger charge is 2.11. The van der Waals surface area contributed by atoms with Gasteiger partial charge in [-0.2, -0.15) is 0 Å². The summed E-state index contributed by atoms with van der Waals surface area (Å²) in [6, 6.07) is 6.58. The van der Waals surface area contributed by atoms with Crippen molar-refractivity contribution in [2.24, 2.45) is 0 Å². The molecule has 82 valence electrons. The average molecular weight is 226 g/mol. The number of hydrogen-bond donors (Lipinski definition) is 1. The molecule has 0 fully saturated rings. The van der Waals surface area contributed by atoms with Gasteiger partial charge in [0.1, 0.15) is 0 Å². The van der Waals surface area contributed by atoms with Crippen LogP contribution < -0.4 is 4.72 Å². The highest BCUT2D eigenvalue weighted by Crippen LogP contribution is 2.22. The van der Waals surface area contributed by atoms with Crippen molar-refractivity contribution in [3.8, 4) is 0 Å². The molecule has 0 aliphatic rings. The molecule has 0 atom stereocenters. The Morgan fingerprint density at radius 1 is 1.40 bits per heavy atom. The fourth-order valence-electron chi connectivity index (χ4n) is 0.873. The molecule has 15 heavy (non-hydrogen) atoms. The SMILES string of the molecule is CC(C)(C)NSc1cccc([N+](=O)[O-])c1. The zero-order valence-corrected chi connectivity index (χ0v) is 9.80. The highest BCUT2D eigenvalue weighted by atomic mass is 32.2. The van der Waals surface area contributed by atoms with Gasteiger partial charge >= 0.3 is 0 Å². The highest BCUT2D eigenvalue weighted by molar-refractivity contribution is 7.97. The molecule has 1 aromatic rings. The molecule has 1 rings (SSSR count). The quantitative estimate of drug-likeness (QED) is 0.489. The third-order valence-corrected chi connectivity index (χ3v) is 2.71. The average Bonchev–Trinajstić information content (AvgIpc) is 2.14. The maximum absolute atomic E-state index is 10.5. The van der Waals surface area contributed by atoms with E-state index in [1.807, 2.05) is 26.8 Å². The first-order valence-electron chi connectivity index (χ1n) is 4.57. The molecule has 1 N–H and O–H groups in total. The van der Waals surface area contributed by atoms with Crippen molar-refractivity contribution in [1.29, 1.82) is 0 Å². The topological polar surface area (TPSA) is 55.2 Å². The Labute approximate surface area is 93.4 Å². The van der Waals surface area contributed by atoms with Crippen LogP contribution in [0.15, 0.2) is 29.2 Å². The summed E-state index contributed by atoms with van der Waals surface area (Å²) in [5.74, 6) is 0. The summed E-state index contributed by atoms with van der Waals surface area (Å²) in [4.78, 5) is 11.0. The van der Waals surface area contributed by atoms with Crippen molar-refractivity contribution in [3.63, 3.8) is 0 Å². The molecule has 1 aromatic carbocycles. The van der Waals surface area contributed by atoms with E-state index in [0.29, 0.717) is 0 Å². The van der Waals surface area contributed by atoms with E-state index in [2.05, 4.69) is 4.72 Å². The van der Waals surface area contributed by atoms with Gasteiger partial charge in [0.25, 0.3) is 5.69 Å². The predicted octanol–water partition coefficient (Wildman–Crippen LogP) is 2.99. The summed E-state index contributed by atoms with van der Waals surface area (Å²) < 4.78 is 3.20. The van der Waals surface area contributed by atoms with E-state index in [1.165, 1.54) is 18.0 Å². The summed E-state index contributed by atoms with van der Waals surface area (Å²) in [5.41, 5.74) is 0.102. The number of non-ortho nitro benzene ring substituents is 1. The van der Waals surface area contributed by atoms with E-state index in [-0.39, 0.29) is 16.1 Å². The molecule has 0 aliphatic heterocycles. The summed E-state index contributed by atoms with van der Waals surface area (Å²) in [5, 5.41) is 10.5. The standard InChI is InChI=1S/C10H14N2O2S/c1-10(2,3)11-15-9-6-4-5-8(7-9)12(13)14/h4-7,11H,1-3H3. The Hall–Kier alpha value is -1.07. The van der Waals surface area contributed by atoms with E-state index in [1.54, 1.807) is 12.1 Å². The third-order valence-electron chi connectivity index (χ3n) is 1.50. The molecule has 0 spiro atoms. The smallest absolute Gasteiger partial charge is 0.258 e. The third kappa shape index (κ3) is 4.31. The fraction of sp³-hybridized carbons (Fsp3) is 0.400. The Morgan fingerprint density at radius 2 is 2.07 bits per heavy atom. The summed E-state index contributed by atoms with van der Waals surface area (Å²) in [7, 11) is 0. The number of nitro groups is 1. The van der Waals surface area contributed by atoms with Gasteiger partial charge in [0.15, 0.2) is 0 Å². The molecule has 0 saturated heterocycles. The summed E-state index contributed by atoms with van der Waals surface area (Å²) in [6.45, 7) is 6.12. The lowest BCUT2D eigenvalue weighted by molar-refractivity contribution is -0.385. The maximum Gasteiger partial charge on any atom is 0.270 e. The number of rotatable bonds is 3. The molecule has 0 heterocycles. The van der Waals surface area contributed by atoms with E-state index >= 15 is 0 Å². The van der Waals surface area contributed by atoms with Gasteiger partial charge in [-0.05, 0) is 38.8 Å². The maximum atomic E-state index is 10.5. The van der Waals surface area contributed by atoms with Crippen LogP contribution in [0, 0.1) is 10.1 Å². The van der Waals surface area contributed by atoms with Crippen LogP contribution in [0.5, 0.6) is 0 Å². The van der Waals surface area contributed by atoms with Gasteiger partial charge in [0.2, 0.25) is 0 Å². The van der Waals surface area contributed by atoms with Crippen LogP contribution in [0.2, 0.25) is 0 Å². The minimum absolute atomic E-state index is 0.0186. The number of nitrogens with one attached hydrogen (secondary N) is 1. The van der Waals surface area contributed by atoms with Crippen LogP contribution in [0.25, 0.3) is 0 Å². The lowest BCUT2D eigenvalue weighted by Gasteiger charge is -2.19. The van der Waals surface area contributed by atoms with Crippen LogP contribution in [-0.4, -0.2) is 10.5 Å². The minimum atomic E-state index is -0.388. The molecule has 0 amide bonds. The second-order valence-electron chi connectivity index (χ2n) is 4.21. The lowest BCUT2D eigenvalue weighted by Crippen LogP contribution is -2.29. The first-order valence-corrected chi connectivity index (χ1v) is 5.38. The second kappa shape index (κ2) is 4.63. The first kappa shape index (κ1) is 12.0. The Bertz CT molecular complexity index is 361. The largest absolute Gasteiger partial charge is 0.270 e. The van der Waals surface area contributed by atoms with Crippen LogP contribution in [0.3, 0.4) is 0 Å². The molecule has 5 heteroatoms. The second-order valence-corrected chi connectivity index (χ2v) is 5.09. The van der Waals surface area contributed by atoms with Gasteiger partial charge in [0, 0.05) is 22.6 Å². The van der Waals surface area contributed by atoms with Crippen LogP contribution in [0.1, 0.15) is 20.8 Å². The fourth-order valence-corrected chi connectivity index (χ4v) is 1.62. The van der Waals surface area contributed by atoms with Gasteiger partial charge in [-0.15, -0.1) is 0 Å². The van der Waals surface area contributed by atoms with Crippen molar-refractivity contribution in [2.45, 2.75) is 31.2 Å². The monoisotopic (exact) mass is 226 g/mol. The summed E-state index contributed by atoms with van der Waals surface area (Å²) in [6.07, 6.45) is 0. The zero-order valence-electron chi connectivity index (χ0n) is 8.98. The van der Waals surface area contributed by atoms with Gasteiger partial charge in [0.05, 0.1) is 4.92 Å². The molecule has 0 unspecified atom stereocenters. The molecule has 0 aromatic heterocycles. The van der Waals surface area contributed by atoms with Gasteiger partial charge < -0.3 is 0 Å². The molecule has 0 aliphatic carbocycles. The minimum Gasteiger partial charge on any atom is -0.258 e. The van der Waals surface area contributed by atoms with E-state index in [9.17, 15) is 10.1 Å². The normalized spacial score (nSPS) is 11.4. The zero-order chi connectivity index (χ0) is 11.5. The van der Waals surface area contributed by atoms with Crippen molar-refractivity contribution >= 4 is 17.6 Å². The van der Waals surface area contributed by atoms with Gasteiger partial charge in [-0.25, -0.2) is 0 Å². The molecule has 0 radical (unpaired) electrons.